The van der Waals surface area contributed by atoms with E-state index in [0.29, 0.717) is 11.6 Å². The van der Waals surface area contributed by atoms with Crippen LogP contribution >= 0.6 is 0 Å². The van der Waals surface area contributed by atoms with Crippen molar-refractivity contribution in [2.75, 3.05) is 6.54 Å². The van der Waals surface area contributed by atoms with Gasteiger partial charge in [-0.05, 0) is 49.6 Å². The number of carbonyl (C=O) groups excluding carboxylic acids is 1. The van der Waals surface area contributed by atoms with Gasteiger partial charge in [0.25, 0.3) is 11.4 Å². The smallest absolute Gasteiger partial charge is 0.296 e. The highest BCUT2D eigenvalue weighted by atomic mass is 32.2. The van der Waals surface area contributed by atoms with E-state index in [0.717, 1.165) is 60.8 Å². The van der Waals surface area contributed by atoms with Crippen LogP contribution in [0.3, 0.4) is 0 Å². The summed E-state index contributed by atoms with van der Waals surface area (Å²) in [7, 11) is -4.75. The highest BCUT2D eigenvalue weighted by molar-refractivity contribution is 7.89. The first-order valence-corrected chi connectivity index (χ1v) is 15.6. The van der Waals surface area contributed by atoms with Crippen LogP contribution in [0.1, 0.15) is 50.3 Å². The molecule has 230 valence electrons. The molecule has 0 spiro atoms. The molecular formula is C30H32N6O7S. The molecule has 0 bridgehead atoms. The summed E-state index contributed by atoms with van der Waals surface area (Å²) in [6.45, 7) is 1.64. The Morgan fingerprint density at radius 1 is 1.02 bits per heavy atom. The zero-order chi connectivity index (χ0) is 31.5. The number of fused-ring (bicyclic) bond motifs is 1. The Morgan fingerprint density at radius 3 is 2.43 bits per heavy atom. The maximum atomic E-state index is 14.1. The summed E-state index contributed by atoms with van der Waals surface area (Å²) in [5.41, 5.74) is -1.58. The average molecular weight is 621 g/mol. The summed E-state index contributed by atoms with van der Waals surface area (Å²) in [6, 6.07) is 15.3. The zero-order valence-corrected chi connectivity index (χ0v) is 24.8. The Kier molecular flexibility index (Phi) is 8.48. The summed E-state index contributed by atoms with van der Waals surface area (Å²) in [5.74, 6) is -0.628. The third-order valence-corrected chi connectivity index (χ3v) is 9.97. The van der Waals surface area contributed by atoms with Crippen molar-refractivity contribution in [3.8, 4) is 0 Å². The van der Waals surface area contributed by atoms with E-state index < -0.39 is 53.0 Å². The molecule has 0 aliphatic heterocycles. The van der Waals surface area contributed by atoms with Gasteiger partial charge >= 0.3 is 0 Å². The number of hydrogen-bond donors (Lipinski definition) is 3. The summed E-state index contributed by atoms with van der Waals surface area (Å²) < 4.78 is 29.9. The van der Waals surface area contributed by atoms with E-state index in [4.69, 9.17) is 0 Å². The fourth-order valence-electron chi connectivity index (χ4n) is 6.04. The molecule has 0 unspecified atom stereocenters. The molecule has 1 amide bonds. The summed E-state index contributed by atoms with van der Waals surface area (Å²) in [4.78, 5) is 42.2. The molecule has 1 aliphatic carbocycles. The third-order valence-electron chi connectivity index (χ3n) is 8.33. The number of amides is 1. The first-order chi connectivity index (χ1) is 20.9. The molecule has 0 saturated heterocycles. The van der Waals surface area contributed by atoms with Crippen molar-refractivity contribution in [1.29, 1.82) is 0 Å². The Labute approximate surface area is 253 Å². The lowest BCUT2D eigenvalue weighted by atomic mass is 9.71. The van der Waals surface area contributed by atoms with Crippen LogP contribution in [0, 0.1) is 20.2 Å². The molecule has 0 radical (unpaired) electrons. The summed E-state index contributed by atoms with van der Waals surface area (Å²) in [6.07, 6.45) is 7.86. The Morgan fingerprint density at radius 2 is 1.75 bits per heavy atom. The van der Waals surface area contributed by atoms with Crippen LogP contribution < -0.4 is 10.0 Å². The molecule has 2 aromatic carbocycles. The highest BCUT2D eigenvalue weighted by Gasteiger charge is 2.43. The van der Waals surface area contributed by atoms with Crippen molar-refractivity contribution in [2.24, 2.45) is 0 Å². The van der Waals surface area contributed by atoms with Gasteiger partial charge < -0.3 is 10.3 Å². The minimum Gasteiger partial charge on any atom is -0.361 e. The number of aromatic amines is 1. The average Bonchev–Trinajstić information content (AvgIpc) is 3.42. The topological polar surface area (TPSA) is 190 Å². The number of para-hydroxylation sites is 1. The molecule has 44 heavy (non-hydrogen) atoms. The quantitative estimate of drug-likeness (QED) is 0.159. The number of aromatic nitrogens is 2. The van der Waals surface area contributed by atoms with E-state index in [9.17, 15) is 33.4 Å². The van der Waals surface area contributed by atoms with Gasteiger partial charge in [0.1, 0.15) is 5.54 Å². The molecule has 14 heteroatoms. The van der Waals surface area contributed by atoms with Crippen LogP contribution in [0.15, 0.2) is 78.0 Å². The summed E-state index contributed by atoms with van der Waals surface area (Å²) in [5, 5.41) is 26.8. The number of pyridine rings is 1. The number of hydrogen-bond acceptors (Lipinski definition) is 8. The molecule has 1 aliphatic rings. The number of sulfonamides is 1. The third kappa shape index (κ3) is 6.17. The predicted molar refractivity (Wildman–Crippen MR) is 162 cm³/mol. The molecular weight excluding hydrogens is 588 g/mol. The minimum absolute atomic E-state index is 0.0978. The predicted octanol–water partition coefficient (Wildman–Crippen LogP) is 4.68. The van der Waals surface area contributed by atoms with Crippen LogP contribution in [-0.4, -0.2) is 46.2 Å². The first-order valence-electron chi connectivity index (χ1n) is 14.2. The van der Waals surface area contributed by atoms with E-state index >= 15 is 0 Å². The summed E-state index contributed by atoms with van der Waals surface area (Å²) >= 11 is 0. The number of rotatable bonds is 11. The van der Waals surface area contributed by atoms with Gasteiger partial charge in [0, 0.05) is 53.4 Å². The van der Waals surface area contributed by atoms with Crippen molar-refractivity contribution in [1.82, 2.24) is 20.0 Å². The molecule has 5 rings (SSSR count). The van der Waals surface area contributed by atoms with Crippen molar-refractivity contribution < 1.29 is 23.1 Å². The molecule has 4 aromatic rings. The molecule has 1 saturated carbocycles. The number of nitro benzene ring substituents is 2. The van der Waals surface area contributed by atoms with Crippen LogP contribution in [-0.2, 0) is 26.7 Å². The van der Waals surface area contributed by atoms with Crippen LogP contribution in [0.4, 0.5) is 11.4 Å². The van der Waals surface area contributed by atoms with Crippen molar-refractivity contribution in [2.45, 2.75) is 61.3 Å². The largest absolute Gasteiger partial charge is 0.361 e. The second-order valence-corrected chi connectivity index (χ2v) is 13.0. The van der Waals surface area contributed by atoms with E-state index in [2.05, 4.69) is 20.0 Å². The maximum absolute atomic E-state index is 14.1. The van der Waals surface area contributed by atoms with E-state index in [1.54, 1.807) is 12.4 Å². The molecule has 2 aromatic heterocycles. The van der Waals surface area contributed by atoms with Crippen molar-refractivity contribution in [3.63, 3.8) is 0 Å². The van der Waals surface area contributed by atoms with Crippen LogP contribution in [0.5, 0.6) is 0 Å². The lowest BCUT2D eigenvalue weighted by molar-refractivity contribution is -0.396. The van der Waals surface area contributed by atoms with Gasteiger partial charge in [-0.15, -0.1) is 0 Å². The second kappa shape index (κ2) is 12.1. The molecule has 1 atom stereocenters. The second-order valence-electron chi connectivity index (χ2n) is 11.4. The van der Waals surface area contributed by atoms with Crippen molar-refractivity contribution in [3.05, 3.63) is 105 Å². The number of non-ortho nitro benzene ring substituents is 1. The monoisotopic (exact) mass is 620 g/mol. The van der Waals surface area contributed by atoms with Gasteiger partial charge in [-0.25, -0.2) is 8.42 Å². The zero-order valence-electron chi connectivity index (χ0n) is 24.0. The fourth-order valence-corrected chi connectivity index (χ4v) is 7.56. The molecule has 2 heterocycles. The fraction of sp³-hybridized carbons (Fsp3) is 0.333. The van der Waals surface area contributed by atoms with Gasteiger partial charge in [-0.3, -0.25) is 30.0 Å². The first kappa shape index (κ1) is 30.8. The Hall–Kier alpha value is -4.69. The lowest BCUT2D eigenvalue weighted by Crippen LogP contribution is -2.59. The number of H-pyrrole nitrogens is 1. The Balaban J connectivity index is 1.52. The minimum atomic E-state index is -4.75. The normalized spacial score (nSPS) is 16.2. The number of benzene rings is 2. The molecule has 13 nitrogen and oxygen atoms in total. The standard InChI is InChI=1S/C30H32N6O7S/c1-29(18-21-19-32-24-10-4-3-9-23(21)24,34-44(42,43)26-13-12-22(35(38)39)17-25(26)36(40)41)28(37)33-20-30(14-6-2-7-15-30)27-11-5-8-16-31-27/h3-5,8-13,16-17,19,32,34H,2,6-7,14-15,18,20H2,1H3,(H,33,37)/t29-/m0/s1. The Bertz CT molecular complexity index is 1820. The van der Waals surface area contributed by atoms with Crippen LogP contribution in [0.2, 0.25) is 0 Å². The highest BCUT2D eigenvalue weighted by Crippen LogP contribution is 2.38. The van der Waals surface area contributed by atoms with Gasteiger partial charge in [0.15, 0.2) is 4.90 Å². The number of nitrogens with zero attached hydrogens (tertiary/aromatic N) is 3. The number of nitrogens with one attached hydrogen (secondary N) is 3. The van der Waals surface area contributed by atoms with Crippen LogP contribution in [0.25, 0.3) is 10.9 Å². The van der Waals surface area contributed by atoms with Crippen molar-refractivity contribution >= 4 is 38.2 Å². The number of nitro groups is 2. The van der Waals surface area contributed by atoms with Gasteiger partial charge in [0.2, 0.25) is 15.9 Å². The number of carbonyl (C=O) groups is 1. The van der Waals surface area contributed by atoms with E-state index in [1.807, 2.05) is 42.5 Å². The maximum Gasteiger partial charge on any atom is 0.296 e. The van der Waals surface area contributed by atoms with Gasteiger partial charge in [-0.2, -0.15) is 4.72 Å². The molecule has 1 fully saturated rings. The lowest BCUT2D eigenvalue weighted by Gasteiger charge is -2.38. The van der Waals surface area contributed by atoms with E-state index in [1.165, 1.54) is 6.92 Å². The SMILES string of the molecule is C[C@@](Cc1c[nH]c2ccccc12)(NS(=O)(=O)c1ccc([N+](=O)[O-])cc1[N+](=O)[O-])C(=O)NCC1(c2ccccn2)CCCCC1. The van der Waals surface area contributed by atoms with E-state index in [-0.39, 0.29) is 13.0 Å². The van der Waals surface area contributed by atoms with Gasteiger partial charge in [0.05, 0.1) is 15.9 Å². The molecule has 3 N–H and O–H groups in total. The van der Waals surface area contributed by atoms with Gasteiger partial charge in [-0.1, -0.05) is 43.5 Å².